The molecule has 2 amide bonds. The maximum atomic E-state index is 11.9. The normalized spacial score (nSPS) is 20.4. The summed E-state index contributed by atoms with van der Waals surface area (Å²) in [5.74, 6) is 0. The van der Waals surface area contributed by atoms with E-state index in [4.69, 9.17) is 0 Å². The number of nitrogens with one attached hydrogen (secondary N) is 2. The van der Waals surface area contributed by atoms with E-state index in [1.807, 2.05) is 0 Å². The summed E-state index contributed by atoms with van der Waals surface area (Å²) in [5.41, 5.74) is 2.58. The van der Waals surface area contributed by atoms with Gasteiger partial charge in [-0.2, -0.15) is 0 Å². The maximum Gasteiger partial charge on any atom is 0.315 e. The van der Waals surface area contributed by atoms with Gasteiger partial charge in [0.25, 0.3) is 0 Å². The van der Waals surface area contributed by atoms with Crippen molar-refractivity contribution in [1.29, 1.82) is 0 Å². The van der Waals surface area contributed by atoms with Gasteiger partial charge in [0.2, 0.25) is 0 Å². The highest BCUT2D eigenvalue weighted by Crippen LogP contribution is 2.24. The van der Waals surface area contributed by atoms with Crippen molar-refractivity contribution >= 4 is 6.03 Å². The van der Waals surface area contributed by atoms with Crippen LogP contribution in [0, 0.1) is 6.92 Å². The predicted molar refractivity (Wildman–Crippen MR) is 88.9 cm³/mol. The molecule has 1 aliphatic heterocycles. The molecule has 3 rings (SSSR count). The molecule has 0 unspecified atom stereocenters. The Morgan fingerprint density at radius 1 is 1.18 bits per heavy atom. The molecule has 1 atom stereocenters. The molecule has 0 bridgehead atoms. The highest BCUT2D eigenvalue weighted by molar-refractivity contribution is 5.74. The van der Waals surface area contributed by atoms with Crippen LogP contribution in [0.25, 0.3) is 0 Å². The van der Waals surface area contributed by atoms with E-state index in [0.717, 1.165) is 25.9 Å². The summed E-state index contributed by atoms with van der Waals surface area (Å²) in [5, 5.41) is 6.08. The fourth-order valence-corrected chi connectivity index (χ4v) is 3.13. The number of amides is 2. The number of urea groups is 1. The molecule has 4 heteroatoms. The largest absolute Gasteiger partial charge is 0.336 e. The van der Waals surface area contributed by atoms with Crippen LogP contribution in [0.3, 0.4) is 0 Å². The van der Waals surface area contributed by atoms with Gasteiger partial charge in [-0.05, 0) is 51.3 Å². The van der Waals surface area contributed by atoms with E-state index in [-0.39, 0.29) is 12.1 Å². The van der Waals surface area contributed by atoms with E-state index in [0.29, 0.717) is 12.6 Å². The molecular formula is C18H27N3O. The number of carbonyl (C=O) groups is 1. The lowest BCUT2D eigenvalue weighted by Crippen LogP contribution is -2.44. The summed E-state index contributed by atoms with van der Waals surface area (Å²) in [6, 6.07) is 9.41. The van der Waals surface area contributed by atoms with Crippen LogP contribution in [0.5, 0.6) is 0 Å². The van der Waals surface area contributed by atoms with Crippen molar-refractivity contribution in [3.8, 4) is 0 Å². The van der Waals surface area contributed by atoms with Crippen molar-refractivity contribution in [1.82, 2.24) is 15.5 Å². The third-order valence-electron chi connectivity index (χ3n) is 4.66. The Bertz CT molecular complexity index is 490. The highest BCUT2D eigenvalue weighted by atomic mass is 16.2. The molecule has 1 saturated carbocycles. The van der Waals surface area contributed by atoms with Gasteiger partial charge in [-0.25, -0.2) is 4.79 Å². The van der Waals surface area contributed by atoms with Gasteiger partial charge in [-0.15, -0.1) is 0 Å². The second-order valence-corrected chi connectivity index (χ2v) is 6.65. The molecule has 0 aromatic heterocycles. The van der Waals surface area contributed by atoms with Crippen LogP contribution >= 0.6 is 0 Å². The van der Waals surface area contributed by atoms with Gasteiger partial charge in [0.1, 0.15) is 0 Å². The van der Waals surface area contributed by atoms with Crippen LogP contribution in [-0.4, -0.2) is 36.6 Å². The first kappa shape index (κ1) is 15.3. The van der Waals surface area contributed by atoms with Crippen LogP contribution in [0.4, 0.5) is 4.79 Å². The molecule has 0 spiro atoms. The van der Waals surface area contributed by atoms with E-state index >= 15 is 0 Å². The number of nitrogens with zero attached hydrogens (tertiary/aromatic N) is 1. The van der Waals surface area contributed by atoms with Gasteiger partial charge in [0.15, 0.2) is 0 Å². The Kier molecular flexibility index (Phi) is 4.98. The highest BCUT2D eigenvalue weighted by Gasteiger charge is 2.25. The lowest BCUT2D eigenvalue weighted by molar-refractivity contribution is 0.160. The van der Waals surface area contributed by atoms with Crippen LogP contribution in [0.1, 0.15) is 49.3 Å². The second-order valence-electron chi connectivity index (χ2n) is 6.65. The fourth-order valence-electron chi connectivity index (χ4n) is 3.13. The zero-order chi connectivity index (χ0) is 15.4. The van der Waals surface area contributed by atoms with Crippen molar-refractivity contribution in [2.24, 2.45) is 0 Å². The topological polar surface area (TPSA) is 44.4 Å². The van der Waals surface area contributed by atoms with Crippen molar-refractivity contribution in [3.05, 3.63) is 35.4 Å². The number of aryl methyl sites for hydroxylation is 1. The number of hydrogen-bond donors (Lipinski definition) is 2. The first-order chi connectivity index (χ1) is 10.7. The zero-order valence-electron chi connectivity index (χ0n) is 13.5. The number of benzene rings is 1. The molecule has 1 aliphatic carbocycles. The molecule has 2 N–H and O–H groups in total. The minimum atomic E-state index is -0.0170. The average Bonchev–Trinajstić information content (AvgIpc) is 3.34. The molecule has 1 saturated heterocycles. The molecule has 4 nitrogen and oxygen atoms in total. The molecular weight excluding hydrogens is 274 g/mol. The quantitative estimate of drug-likeness (QED) is 0.878. The van der Waals surface area contributed by atoms with Crippen molar-refractivity contribution in [3.63, 3.8) is 0 Å². The third-order valence-corrected chi connectivity index (χ3v) is 4.66. The fraction of sp³-hybridized carbons (Fsp3) is 0.611. The van der Waals surface area contributed by atoms with Crippen molar-refractivity contribution < 1.29 is 4.79 Å². The number of piperidine rings is 1. The lowest BCUT2D eigenvalue weighted by Gasteiger charge is -2.35. The molecule has 1 heterocycles. The zero-order valence-corrected chi connectivity index (χ0v) is 13.5. The second kappa shape index (κ2) is 7.14. The summed E-state index contributed by atoms with van der Waals surface area (Å²) in [7, 11) is 0. The van der Waals surface area contributed by atoms with E-state index in [2.05, 4.69) is 46.7 Å². The summed E-state index contributed by atoms with van der Waals surface area (Å²) < 4.78 is 0. The van der Waals surface area contributed by atoms with Gasteiger partial charge in [-0.1, -0.05) is 36.2 Å². The average molecular weight is 301 g/mol. The Labute approximate surface area is 133 Å². The van der Waals surface area contributed by atoms with Gasteiger partial charge >= 0.3 is 6.03 Å². The Balaban J connectivity index is 1.64. The van der Waals surface area contributed by atoms with Crippen LogP contribution in [-0.2, 0) is 0 Å². The number of rotatable bonds is 5. The van der Waals surface area contributed by atoms with E-state index in [1.165, 1.54) is 30.4 Å². The van der Waals surface area contributed by atoms with E-state index in [9.17, 15) is 4.79 Å². The van der Waals surface area contributed by atoms with Gasteiger partial charge in [0, 0.05) is 12.6 Å². The minimum Gasteiger partial charge on any atom is -0.336 e. The van der Waals surface area contributed by atoms with Gasteiger partial charge < -0.3 is 10.6 Å². The van der Waals surface area contributed by atoms with Gasteiger partial charge in [-0.3, -0.25) is 4.90 Å². The van der Waals surface area contributed by atoms with Crippen molar-refractivity contribution in [2.45, 2.75) is 51.1 Å². The molecule has 22 heavy (non-hydrogen) atoms. The van der Waals surface area contributed by atoms with Gasteiger partial charge in [0.05, 0.1) is 6.04 Å². The standard InChI is InChI=1S/C18H27N3O/c1-14-5-7-15(8-6-14)17(21-11-3-2-4-12-21)13-19-18(22)20-16-9-10-16/h5-8,16-17H,2-4,9-13H2,1H3,(H2,19,20,22)/t17-/m1/s1. The molecule has 1 aromatic carbocycles. The number of likely N-dealkylation sites (tertiary alicyclic amines) is 1. The molecule has 1 aromatic rings. The monoisotopic (exact) mass is 301 g/mol. The first-order valence-electron chi connectivity index (χ1n) is 8.57. The van der Waals surface area contributed by atoms with Crippen LogP contribution < -0.4 is 10.6 Å². The predicted octanol–water partition coefficient (Wildman–Crippen LogP) is 2.98. The Hall–Kier alpha value is -1.55. The van der Waals surface area contributed by atoms with E-state index < -0.39 is 0 Å². The Morgan fingerprint density at radius 3 is 2.50 bits per heavy atom. The van der Waals surface area contributed by atoms with Crippen molar-refractivity contribution in [2.75, 3.05) is 19.6 Å². The summed E-state index contributed by atoms with van der Waals surface area (Å²) >= 11 is 0. The SMILES string of the molecule is Cc1ccc([C@@H](CNC(=O)NC2CC2)N2CCCCC2)cc1. The van der Waals surface area contributed by atoms with Crippen LogP contribution in [0.15, 0.2) is 24.3 Å². The molecule has 0 radical (unpaired) electrons. The van der Waals surface area contributed by atoms with Crippen LogP contribution in [0.2, 0.25) is 0 Å². The number of carbonyl (C=O) groups excluding carboxylic acids is 1. The summed E-state index contributed by atoms with van der Waals surface area (Å²) in [6.07, 6.45) is 6.10. The number of hydrogen-bond acceptors (Lipinski definition) is 2. The smallest absolute Gasteiger partial charge is 0.315 e. The maximum absolute atomic E-state index is 11.9. The first-order valence-corrected chi connectivity index (χ1v) is 8.57. The Morgan fingerprint density at radius 2 is 1.86 bits per heavy atom. The lowest BCUT2D eigenvalue weighted by atomic mass is 10.0. The minimum absolute atomic E-state index is 0.0170. The van der Waals surface area contributed by atoms with E-state index in [1.54, 1.807) is 0 Å². The third kappa shape index (κ3) is 4.23. The summed E-state index contributed by atoms with van der Waals surface area (Å²) in [6.45, 7) is 5.05. The molecule has 2 aliphatic rings. The molecule has 2 fully saturated rings. The molecule has 120 valence electrons. The summed E-state index contributed by atoms with van der Waals surface area (Å²) in [4.78, 5) is 14.4.